The van der Waals surface area contributed by atoms with Gasteiger partial charge in [0.15, 0.2) is 0 Å². The zero-order valence-electron chi connectivity index (χ0n) is 12.3. The molecular formula is C16H20ClNO4. The van der Waals surface area contributed by atoms with Crippen LogP contribution in [0.3, 0.4) is 0 Å². The first-order valence-corrected chi connectivity index (χ1v) is 7.77. The molecule has 1 aliphatic heterocycles. The largest absolute Gasteiger partial charge is 0.481 e. The third-order valence-corrected chi connectivity index (χ3v) is 4.00. The zero-order valence-corrected chi connectivity index (χ0v) is 13.1. The molecule has 22 heavy (non-hydrogen) atoms. The summed E-state index contributed by atoms with van der Waals surface area (Å²) in [5.74, 6) is -0.956. The SMILES string of the molecule is O=C(O)CCN(C(=O)Cc1cccc(Cl)c1)C1CCOCC1. The Balaban J connectivity index is 2.05. The first-order chi connectivity index (χ1) is 10.6. The molecule has 0 aromatic heterocycles. The fourth-order valence-corrected chi connectivity index (χ4v) is 2.86. The number of carboxylic acid groups (broad SMARTS) is 1. The standard InChI is InChI=1S/C16H20ClNO4/c17-13-3-1-2-12(10-13)11-15(19)18(7-4-16(20)21)14-5-8-22-9-6-14/h1-3,10,14H,4-9,11H2,(H,20,21). The number of carbonyl (C=O) groups is 2. The topological polar surface area (TPSA) is 66.8 Å². The van der Waals surface area contributed by atoms with Crippen LogP contribution in [0.15, 0.2) is 24.3 Å². The van der Waals surface area contributed by atoms with Crippen LogP contribution in [0.1, 0.15) is 24.8 Å². The lowest BCUT2D eigenvalue weighted by atomic mass is 10.0. The first kappa shape index (κ1) is 16.8. The van der Waals surface area contributed by atoms with Gasteiger partial charge in [-0.1, -0.05) is 23.7 Å². The maximum absolute atomic E-state index is 12.6. The minimum Gasteiger partial charge on any atom is -0.481 e. The van der Waals surface area contributed by atoms with Gasteiger partial charge in [0.25, 0.3) is 0 Å². The summed E-state index contributed by atoms with van der Waals surface area (Å²) >= 11 is 5.94. The quantitative estimate of drug-likeness (QED) is 0.872. The summed E-state index contributed by atoms with van der Waals surface area (Å²) in [5.41, 5.74) is 0.838. The number of nitrogens with zero attached hydrogens (tertiary/aromatic N) is 1. The molecular weight excluding hydrogens is 306 g/mol. The summed E-state index contributed by atoms with van der Waals surface area (Å²) in [6, 6.07) is 7.24. The number of carboxylic acids is 1. The molecule has 5 nitrogen and oxygen atoms in total. The Bertz CT molecular complexity index is 529. The lowest BCUT2D eigenvalue weighted by Crippen LogP contribution is -2.45. The summed E-state index contributed by atoms with van der Waals surface area (Å²) < 4.78 is 5.32. The highest BCUT2D eigenvalue weighted by molar-refractivity contribution is 6.30. The van der Waals surface area contributed by atoms with Crippen molar-refractivity contribution in [3.8, 4) is 0 Å². The van der Waals surface area contributed by atoms with Crippen molar-refractivity contribution >= 4 is 23.5 Å². The van der Waals surface area contributed by atoms with E-state index in [2.05, 4.69) is 0 Å². The predicted octanol–water partition coefficient (Wildman–Crippen LogP) is 2.36. The molecule has 6 heteroatoms. The number of rotatable bonds is 6. The number of hydrogen-bond donors (Lipinski definition) is 1. The summed E-state index contributed by atoms with van der Waals surface area (Å²) in [6.07, 6.45) is 1.69. The average Bonchev–Trinajstić information content (AvgIpc) is 2.48. The second-order valence-corrected chi connectivity index (χ2v) is 5.82. The van der Waals surface area contributed by atoms with E-state index < -0.39 is 5.97 Å². The number of hydrogen-bond acceptors (Lipinski definition) is 3. The highest BCUT2D eigenvalue weighted by Gasteiger charge is 2.26. The number of amides is 1. The lowest BCUT2D eigenvalue weighted by Gasteiger charge is -2.34. The van der Waals surface area contributed by atoms with Gasteiger partial charge in [-0.25, -0.2) is 0 Å². The molecule has 1 saturated heterocycles. The molecule has 1 aromatic carbocycles. The average molecular weight is 326 g/mol. The molecule has 0 saturated carbocycles. The molecule has 0 aliphatic carbocycles. The molecule has 0 unspecified atom stereocenters. The Kier molecular flexibility index (Phi) is 6.21. The summed E-state index contributed by atoms with van der Waals surface area (Å²) in [7, 11) is 0. The molecule has 1 fully saturated rings. The molecule has 0 atom stereocenters. The van der Waals surface area contributed by atoms with E-state index in [4.69, 9.17) is 21.4 Å². The van der Waals surface area contributed by atoms with Gasteiger partial charge in [0.05, 0.1) is 12.8 Å². The number of benzene rings is 1. The van der Waals surface area contributed by atoms with Crippen molar-refractivity contribution in [1.29, 1.82) is 0 Å². The van der Waals surface area contributed by atoms with E-state index in [0.717, 1.165) is 18.4 Å². The molecule has 1 amide bonds. The number of ether oxygens (including phenoxy) is 1. The Morgan fingerprint density at radius 1 is 1.32 bits per heavy atom. The molecule has 0 spiro atoms. The first-order valence-electron chi connectivity index (χ1n) is 7.39. The lowest BCUT2D eigenvalue weighted by molar-refractivity contribution is -0.140. The van der Waals surface area contributed by atoms with Crippen molar-refractivity contribution in [3.63, 3.8) is 0 Å². The molecule has 1 heterocycles. The van der Waals surface area contributed by atoms with Crippen LogP contribution in [-0.2, 0) is 20.7 Å². The van der Waals surface area contributed by atoms with E-state index in [9.17, 15) is 9.59 Å². The van der Waals surface area contributed by atoms with E-state index >= 15 is 0 Å². The predicted molar refractivity (Wildman–Crippen MR) is 83.0 cm³/mol. The summed E-state index contributed by atoms with van der Waals surface area (Å²) in [4.78, 5) is 25.1. The second kappa shape index (κ2) is 8.15. The molecule has 120 valence electrons. The van der Waals surface area contributed by atoms with E-state index in [1.807, 2.05) is 6.07 Å². The molecule has 1 aliphatic rings. The van der Waals surface area contributed by atoms with Gasteiger partial charge < -0.3 is 14.7 Å². The fraction of sp³-hybridized carbons (Fsp3) is 0.500. The number of aliphatic carboxylic acids is 1. The van der Waals surface area contributed by atoms with E-state index in [0.29, 0.717) is 18.2 Å². The van der Waals surface area contributed by atoms with Gasteiger partial charge in [0.2, 0.25) is 5.91 Å². The van der Waals surface area contributed by atoms with Gasteiger partial charge >= 0.3 is 5.97 Å². The van der Waals surface area contributed by atoms with Crippen molar-refractivity contribution in [2.24, 2.45) is 0 Å². The minimum absolute atomic E-state index is 0.0430. The van der Waals surface area contributed by atoms with Crippen LogP contribution in [0.2, 0.25) is 5.02 Å². The summed E-state index contributed by atoms with van der Waals surface area (Å²) in [6.45, 7) is 1.46. The van der Waals surface area contributed by atoms with Gasteiger partial charge in [-0.3, -0.25) is 9.59 Å². The Morgan fingerprint density at radius 2 is 2.05 bits per heavy atom. The van der Waals surface area contributed by atoms with Crippen LogP contribution in [0.4, 0.5) is 0 Å². The van der Waals surface area contributed by atoms with E-state index in [1.54, 1.807) is 23.1 Å². The van der Waals surface area contributed by atoms with Crippen LogP contribution in [0.25, 0.3) is 0 Å². The molecule has 0 radical (unpaired) electrons. The number of carbonyl (C=O) groups excluding carboxylic acids is 1. The van der Waals surface area contributed by atoms with Crippen LogP contribution in [0.5, 0.6) is 0 Å². The number of halogens is 1. The van der Waals surface area contributed by atoms with Crippen molar-refractivity contribution in [2.45, 2.75) is 31.7 Å². The van der Waals surface area contributed by atoms with Crippen LogP contribution in [0, 0.1) is 0 Å². The maximum Gasteiger partial charge on any atom is 0.305 e. The van der Waals surface area contributed by atoms with Crippen LogP contribution < -0.4 is 0 Å². The highest BCUT2D eigenvalue weighted by atomic mass is 35.5. The molecule has 1 N–H and O–H groups in total. The van der Waals surface area contributed by atoms with E-state index in [-0.39, 0.29) is 31.3 Å². The van der Waals surface area contributed by atoms with Gasteiger partial charge in [0, 0.05) is 30.8 Å². The van der Waals surface area contributed by atoms with E-state index in [1.165, 1.54) is 0 Å². The smallest absolute Gasteiger partial charge is 0.305 e. The molecule has 0 bridgehead atoms. The second-order valence-electron chi connectivity index (χ2n) is 5.38. The van der Waals surface area contributed by atoms with Crippen molar-refractivity contribution in [2.75, 3.05) is 19.8 Å². The van der Waals surface area contributed by atoms with Gasteiger partial charge in [-0.05, 0) is 30.5 Å². The Hall–Kier alpha value is -1.59. The zero-order chi connectivity index (χ0) is 15.9. The van der Waals surface area contributed by atoms with Crippen molar-refractivity contribution in [3.05, 3.63) is 34.9 Å². The van der Waals surface area contributed by atoms with Crippen LogP contribution >= 0.6 is 11.6 Å². The Labute approximate surface area is 134 Å². The summed E-state index contributed by atoms with van der Waals surface area (Å²) in [5, 5.41) is 9.48. The van der Waals surface area contributed by atoms with Crippen molar-refractivity contribution < 1.29 is 19.4 Å². The third-order valence-electron chi connectivity index (χ3n) is 3.76. The molecule has 1 aromatic rings. The van der Waals surface area contributed by atoms with Crippen molar-refractivity contribution in [1.82, 2.24) is 4.90 Å². The minimum atomic E-state index is -0.896. The normalized spacial score (nSPS) is 15.5. The molecule has 2 rings (SSSR count). The highest BCUT2D eigenvalue weighted by Crippen LogP contribution is 2.18. The fourth-order valence-electron chi connectivity index (χ4n) is 2.65. The van der Waals surface area contributed by atoms with Gasteiger partial charge in [-0.15, -0.1) is 0 Å². The third kappa shape index (κ3) is 5.00. The van der Waals surface area contributed by atoms with Gasteiger partial charge in [-0.2, -0.15) is 0 Å². The Morgan fingerprint density at radius 3 is 2.68 bits per heavy atom. The maximum atomic E-state index is 12.6. The monoisotopic (exact) mass is 325 g/mol. The van der Waals surface area contributed by atoms with Gasteiger partial charge in [0.1, 0.15) is 0 Å². The van der Waals surface area contributed by atoms with Crippen LogP contribution in [-0.4, -0.2) is 47.7 Å².